The first-order valence-corrected chi connectivity index (χ1v) is 7.35. The van der Waals surface area contributed by atoms with Crippen LogP contribution in [0.25, 0.3) is 11.4 Å². The van der Waals surface area contributed by atoms with Gasteiger partial charge in [0.1, 0.15) is 11.6 Å². The molecule has 1 saturated carbocycles. The molecule has 0 aliphatic heterocycles. The van der Waals surface area contributed by atoms with Crippen molar-refractivity contribution in [2.24, 2.45) is 0 Å². The summed E-state index contributed by atoms with van der Waals surface area (Å²) in [4.78, 5) is 9.33. The number of anilines is 1. The van der Waals surface area contributed by atoms with E-state index in [0.717, 1.165) is 39.7 Å². The van der Waals surface area contributed by atoms with Crippen LogP contribution in [-0.4, -0.2) is 16.5 Å². The van der Waals surface area contributed by atoms with Gasteiger partial charge in [-0.2, -0.15) is 0 Å². The lowest BCUT2D eigenvalue weighted by molar-refractivity contribution is 0.535. The summed E-state index contributed by atoms with van der Waals surface area (Å²) in [6, 6.07) is 1.92. The molecule has 1 aliphatic carbocycles. The lowest BCUT2D eigenvalue weighted by atomic mass is 10.2. The first kappa shape index (κ1) is 12.7. The van der Waals surface area contributed by atoms with Gasteiger partial charge in [-0.25, -0.2) is 9.97 Å². The molecular formula is C14H16BrN3O. The van der Waals surface area contributed by atoms with Crippen molar-refractivity contribution < 1.29 is 4.42 Å². The highest BCUT2D eigenvalue weighted by Gasteiger charge is 2.29. The molecule has 0 spiro atoms. The number of aromatic nitrogens is 2. The second kappa shape index (κ2) is 4.96. The van der Waals surface area contributed by atoms with Crippen LogP contribution in [0, 0.1) is 6.92 Å². The Labute approximate surface area is 120 Å². The molecule has 0 saturated heterocycles. The predicted molar refractivity (Wildman–Crippen MR) is 78.3 cm³/mol. The number of nitrogens with one attached hydrogen (secondary N) is 1. The summed E-state index contributed by atoms with van der Waals surface area (Å²) in [6.45, 7) is 4.84. The monoisotopic (exact) mass is 321 g/mol. The zero-order chi connectivity index (χ0) is 13.4. The molecule has 0 radical (unpaired) electrons. The average molecular weight is 322 g/mol. The highest BCUT2D eigenvalue weighted by Crippen LogP contribution is 2.44. The second-order valence-corrected chi connectivity index (χ2v) is 5.58. The van der Waals surface area contributed by atoms with Gasteiger partial charge in [0, 0.05) is 12.5 Å². The minimum Gasteiger partial charge on any atom is -0.469 e. The minimum absolute atomic E-state index is 0.570. The molecule has 0 bridgehead atoms. The Morgan fingerprint density at radius 2 is 2.21 bits per heavy atom. The molecule has 1 fully saturated rings. The molecule has 1 aliphatic rings. The zero-order valence-corrected chi connectivity index (χ0v) is 12.6. The lowest BCUT2D eigenvalue weighted by Crippen LogP contribution is -2.05. The van der Waals surface area contributed by atoms with E-state index < -0.39 is 0 Å². The fourth-order valence-electron chi connectivity index (χ4n) is 2.11. The van der Waals surface area contributed by atoms with E-state index in [1.54, 1.807) is 6.26 Å². The van der Waals surface area contributed by atoms with E-state index in [1.807, 2.05) is 13.0 Å². The SMILES string of the molecule is CCNc1nc(-c2ccoc2C)nc(C2CC2)c1Br. The molecule has 2 aromatic heterocycles. The van der Waals surface area contributed by atoms with Gasteiger partial charge in [-0.15, -0.1) is 0 Å². The molecule has 0 atom stereocenters. The lowest BCUT2D eigenvalue weighted by Gasteiger charge is -2.11. The van der Waals surface area contributed by atoms with Crippen LogP contribution in [0.3, 0.4) is 0 Å². The molecule has 0 unspecified atom stereocenters. The Kier molecular flexibility index (Phi) is 3.31. The second-order valence-electron chi connectivity index (χ2n) is 4.79. The Bertz CT molecular complexity index is 605. The van der Waals surface area contributed by atoms with Crippen LogP contribution in [0.2, 0.25) is 0 Å². The maximum atomic E-state index is 5.35. The zero-order valence-electron chi connectivity index (χ0n) is 11.0. The highest BCUT2D eigenvalue weighted by molar-refractivity contribution is 9.10. The summed E-state index contributed by atoms with van der Waals surface area (Å²) >= 11 is 3.63. The van der Waals surface area contributed by atoms with E-state index in [-0.39, 0.29) is 0 Å². The van der Waals surface area contributed by atoms with Crippen LogP contribution < -0.4 is 5.32 Å². The van der Waals surface area contributed by atoms with Crippen molar-refractivity contribution in [3.05, 3.63) is 28.3 Å². The normalized spacial score (nSPS) is 14.7. The van der Waals surface area contributed by atoms with E-state index in [4.69, 9.17) is 9.40 Å². The fourth-order valence-corrected chi connectivity index (χ4v) is 2.75. The first-order valence-electron chi connectivity index (χ1n) is 6.56. The van der Waals surface area contributed by atoms with E-state index in [1.165, 1.54) is 12.8 Å². The maximum Gasteiger partial charge on any atom is 0.165 e. The van der Waals surface area contributed by atoms with Crippen molar-refractivity contribution in [1.29, 1.82) is 0 Å². The molecule has 3 rings (SSSR count). The molecule has 5 heteroatoms. The molecule has 4 nitrogen and oxygen atoms in total. The van der Waals surface area contributed by atoms with E-state index >= 15 is 0 Å². The van der Waals surface area contributed by atoms with Crippen molar-refractivity contribution in [2.75, 3.05) is 11.9 Å². The standard InChI is InChI=1S/C14H16BrN3O/c1-3-16-14-11(15)12(9-4-5-9)17-13(18-14)10-6-7-19-8(10)2/h6-7,9H,3-5H2,1-2H3,(H,16,17,18). The molecule has 19 heavy (non-hydrogen) atoms. The van der Waals surface area contributed by atoms with Gasteiger partial charge in [-0.05, 0) is 48.7 Å². The fraction of sp³-hybridized carbons (Fsp3) is 0.429. The Morgan fingerprint density at radius 1 is 1.42 bits per heavy atom. The number of rotatable bonds is 4. The van der Waals surface area contributed by atoms with Crippen LogP contribution >= 0.6 is 15.9 Å². The molecule has 0 amide bonds. The van der Waals surface area contributed by atoms with Gasteiger partial charge in [0.25, 0.3) is 0 Å². The summed E-state index contributed by atoms with van der Waals surface area (Å²) in [6.07, 6.45) is 4.11. The predicted octanol–water partition coefficient (Wildman–Crippen LogP) is 4.12. The number of hydrogen-bond acceptors (Lipinski definition) is 4. The largest absolute Gasteiger partial charge is 0.469 e. The van der Waals surface area contributed by atoms with Gasteiger partial charge in [0.05, 0.1) is 22.0 Å². The van der Waals surface area contributed by atoms with Gasteiger partial charge in [0.15, 0.2) is 5.82 Å². The molecule has 100 valence electrons. The van der Waals surface area contributed by atoms with Crippen LogP contribution in [0.5, 0.6) is 0 Å². The smallest absolute Gasteiger partial charge is 0.165 e. The number of nitrogens with zero attached hydrogens (tertiary/aromatic N) is 2. The van der Waals surface area contributed by atoms with Crippen molar-refractivity contribution in [3.8, 4) is 11.4 Å². The van der Waals surface area contributed by atoms with Crippen LogP contribution in [-0.2, 0) is 0 Å². The summed E-state index contributed by atoms with van der Waals surface area (Å²) in [5.41, 5.74) is 2.08. The third kappa shape index (κ3) is 2.39. The number of hydrogen-bond donors (Lipinski definition) is 1. The third-order valence-corrected chi connectivity index (χ3v) is 4.07. The van der Waals surface area contributed by atoms with Gasteiger partial charge in [0.2, 0.25) is 0 Å². The van der Waals surface area contributed by atoms with E-state index in [2.05, 4.69) is 33.2 Å². The van der Waals surface area contributed by atoms with E-state index in [9.17, 15) is 0 Å². The number of furan rings is 1. The molecule has 2 heterocycles. The van der Waals surface area contributed by atoms with Gasteiger partial charge in [-0.1, -0.05) is 0 Å². The number of halogens is 1. The highest BCUT2D eigenvalue weighted by atomic mass is 79.9. The molecule has 2 aromatic rings. The van der Waals surface area contributed by atoms with Crippen LogP contribution in [0.15, 0.2) is 21.2 Å². The molecular weight excluding hydrogens is 306 g/mol. The Morgan fingerprint density at radius 3 is 2.79 bits per heavy atom. The van der Waals surface area contributed by atoms with Gasteiger partial charge < -0.3 is 9.73 Å². The summed E-state index contributed by atoms with van der Waals surface area (Å²) in [5.74, 6) is 3.04. The number of aryl methyl sites for hydroxylation is 1. The van der Waals surface area contributed by atoms with Crippen molar-refractivity contribution >= 4 is 21.7 Å². The third-order valence-electron chi connectivity index (χ3n) is 3.28. The van der Waals surface area contributed by atoms with Crippen LogP contribution in [0.1, 0.15) is 37.1 Å². The average Bonchev–Trinajstić information content (AvgIpc) is 3.14. The van der Waals surface area contributed by atoms with Gasteiger partial charge >= 0.3 is 0 Å². The maximum absolute atomic E-state index is 5.35. The molecule has 0 aromatic carbocycles. The van der Waals surface area contributed by atoms with Crippen LogP contribution in [0.4, 0.5) is 5.82 Å². The first-order chi connectivity index (χ1) is 9.20. The Hall–Kier alpha value is -1.36. The van der Waals surface area contributed by atoms with Crippen molar-refractivity contribution in [3.63, 3.8) is 0 Å². The van der Waals surface area contributed by atoms with Crippen molar-refractivity contribution in [2.45, 2.75) is 32.6 Å². The quantitative estimate of drug-likeness (QED) is 0.920. The van der Waals surface area contributed by atoms with Gasteiger partial charge in [-0.3, -0.25) is 0 Å². The summed E-state index contributed by atoms with van der Waals surface area (Å²) in [7, 11) is 0. The Balaban J connectivity index is 2.12. The summed E-state index contributed by atoms with van der Waals surface area (Å²) in [5, 5.41) is 3.29. The topological polar surface area (TPSA) is 51.0 Å². The molecule has 1 N–H and O–H groups in total. The minimum atomic E-state index is 0.570. The summed E-state index contributed by atoms with van der Waals surface area (Å²) < 4.78 is 6.35. The van der Waals surface area contributed by atoms with Crippen molar-refractivity contribution in [1.82, 2.24) is 9.97 Å². The van der Waals surface area contributed by atoms with E-state index in [0.29, 0.717) is 5.92 Å².